The number of fused-ring (bicyclic) bond motifs is 1. The number of nitrogens with zero attached hydrogens (tertiary/aromatic N) is 2. The topological polar surface area (TPSA) is 57.3 Å². The number of hydrogen-bond donors (Lipinski definition) is 3. The van der Waals surface area contributed by atoms with Gasteiger partial charge >= 0.3 is 0 Å². The summed E-state index contributed by atoms with van der Waals surface area (Å²) in [6.07, 6.45) is 4.68. The molecule has 0 radical (unpaired) electrons. The van der Waals surface area contributed by atoms with Crippen LogP contribution in [0.5, 0.6) is 0 Å². The molecular weight excluding hydrogens is 328 g/mol. The highest BCUT2D eigenvalue weighted by Gasteiger charge is 2.14. The van der Waals surface area contributed by atoms with Crippen molar-refractivity contribution in [3.63, 3.8) is 0 Å². The molecule has 1 aromatic heterocycles. The normalized spacial score (nSPS) is 15.0. The smallest absolute Gasteiger partial charge is 0.207 e. The fraction of sp³-hybridized carbons (Fsp3) is 0.500. The van der Waals surface area contributed by atoms with E-state index in [1.807, 2.05) is 24.7 Å². The Labute approximate surface area is 147 Å². The number of nitrogens with one attached hydrogen (secondary N) is 2. The first-order valence-corrected chi connectivity index (χ1v) is 9.34. The highest BCUT2D eigenvalue weighted by Crippen LogP contribution is 2.21. The molecule has 2 heterocycles. The van der Waals surface area contributed by atoms with Gasteiger partial charge in [0.05, 0.1) is 15.7 Å². The molecule has 1 aliphatic heterocycles. The van der Waals surface area contributed by atoms with E-state index < -0.39 is 0 Å². The lowest BCUT2D eigenvalue weighted by molar-refractivity contribution is -0.110. The van der Waals surface area contributed by atoms with Crippen molar-refractivity contribution in [2.24, 2.45) is 0 Å². The number of aromatic nitrogens is 1. The molecule has 5 nitrogen and oxygen atoms in total. The maximum Gasteiger partial charge on any atom is 0.207 e. The van der Waals surface area contributed by atoms with Crippen molar-refractivity contribution in [2.75, 3.05) is 38.8 Å². The number of amides is 1. The Hall–Kier alpha value is -1.31. The molecule has 7 heteroatoms. The number of piperidine rings is 1. The van der Waals surface area contributed by atoms with Gasteiger partial charge in [-0.3, -0.25) is 4.79 Å². The number of rotatable bonds is 3. The highest BCUT2D eigenvalue weighted by atomic mass is 32.1. The minimum absolute atomic E-state index is 0.425. The van der Waals surface area contributed by atoms with E-state index in [2.05, 4.69) is 46.3 Å². The quantitative estimate of drug-likeness (QED) is 0.586. The molecule has 1 aliphatic rings. The third kappa shape index (κ3) is 6.76. The van der Waals surface area contributed by atoms with Crippen molar-refractivity contribution in [2.45, 2.75) is 18.9 Å². The first-order chi connectivity index (χ1) is 11.2. The minimum atomic E-state index is 0.425. The van der Waals surface area contributed by atoms with Crippen molar-refractivity contribution >= 4 is 46.3 Å². The zero-order valence-electron chi connectivity index (χ0n) is 14.0. The predicted octanol–water partition coefficient (Wildman–Crippen LogP) is 2.71. The number of anilines is 1. The Bertz CT molecular complexity index is 568. The van der Waals surface area contributed by atoms with Crippen molar-refractivity contribution < 1.29 is 4.79 Å². The standard InChI is InChI=1S/C8H8N2S.C7H14N2O.CH4S/c1-9-6-2-3-7-8(4-6)11-5-10-7;1-9-4-2-7(3-5-9)8-6-10;1-2/h2-5,9H,1H3;6-7H,2-5H2,1H3,(H,8,10);2H,1H3. The molecule has 0 spiro atoms. The van der Waals surface area contributed by atoms with Gasteiger partial charge in [-0.15, -0.1) is 11.3 Å². The Morgan fingerprint density at radius 1 is 1.35 bits per heavy atom. The van der Waals surface area contributed by atoms with Gasteiger partial charge < -0.3 is 15.5 Å². The zero-order chi connectivity index (χ0) is 17.1. The Balaban J connectivity index is 0.000000209. The van der Waals surface area contributed by atoms with Crippen LogP contribution < -0.4 is 10.6 Å². The molecule has 1 saturated heterocycles. The molecule has 1 fully saturated rings. The molecule has 0 unspecified atom stereocenters. The molecule has 0 saturated carbocycles. The van der Waals surface area contributed by atoms with Crippen LogP contribution in [0.2, 0.25) is 0 Å². The Morgan fingerprint density at radius 2 is 2.04 bits per heavy atom. The van der Waals surface area contributed by atoms with E-state index in [1.54, 1.807) is 17.6 Å². The summed E-state index contributed by atoms with van der Waals surface area (Å²) in [7, 11) is 4.03. The number of carbonyl (C=O) groups excluding carboxylic acids is 1. The number of benzene rings is 1. The summed E-state index contributed by atoms with van der Waals surface area (Å²) in [6.45, 7) is 2.21. The Kier molecular flexibility index (Phi) is 9.66. The average Bonchev–Trinajstić information content (AvgIpc) is 3.07. The van der Waals surface area contributed by atoms with Crippen LogP contribution in [0, 0.1) is 0 Å². The fourth-order valence-electron chi connectivity index (χ4n) is 2.28. The van der Waals surface area contributed by atoms with Crippen LogP contribution in [-0.4, -0.2) is 55.8 Å². The van der Waals surface area contributed by atoms with Crippen molar-refractivity contribution in [1.82, 2.24) is 15.2 Å². The summed E-state index contributed by atoms with van der Waals surface area (Å²) < 4.78 is 1.23. The second kappa shape index (κ2) is 11.3. The van der Waals surface area contributed by atoms with E-state index in [0.29, 0.717) is 6.04 Å². The number of hydrogen-bond acceptors (Lipinski definition) is 6. The van der Waals surface area contributed by atoms with Crippen molar-refractivity contribution in [3.8, 4) is 0 Å². The molecule has 1 aromatic carbocycles. The summed E-state index contributed by atoms with van der Waals surface area (Å²) in [6, 6.07) is 6.58. The van der Waals surface area contributed by atoms with Crippen LogP contribution in [0.15, 0.2) is 23.7 Å². The summed E-state index contributed by atoms with van der Waals surface area (Å²) in [5, 5.41) is 5.89. The average molecular weight is 355 g/mol. The third-order valence-corrected chi connectivity index (χ3v) is 4.43. The van der Waals surface area contributed by atoms with Crippen molar-refractivity contribution in [3.05, 3.63) is 23.7 Å². The highest BCUT2D eigenvalue weighted by molar-refractivity contribution is 7.79. The third-order valence-electron chi connectivity index (χ3n) is 3.64. The molecule has 0 bridgehead atoms. The fourth-order valence-corrected chi connectivity index (χ4v) is 3.00. The molecule has 0 aliphatic carbocycles. The number of thiazole rings is 1. The van der Waals surface area contributed by atoms with Gasteiger partial charge in [0, 0.05) is 18.8 Å². The lowest BCUT2D eigenvalue weighted by atomic mass is 10.1. The summed E-state index contributed by atoms with van der Waals surface area (Å²) in [5.74, 6) is 0. The lowest BCUT2D eigenvalue weighted by Crippen LogP contribution is -2.40. The van der Waals surface area contributed by atoms with Crippen LogP contribution in [0.25, 0.3) is 10.2 Å². The molecule has 3 rings (SSSR count). The van der Waals surface area contributed by atoms with E-state index in [1.165, 1.54) is 4.70 Å². The summed E-state index contributed by atoms with van der Waals surface area (Å²) in [4.78, 5) is 16.5. The number of likely N-dealkylation sites (tertiary alicyclic amines) is 1. The first-order valence-electron chi connectivity index (χ1n) is 7.57. The van der Waals surface area contributed by atoms with E-state index in [-0.39, 0.29) is 0 Å². The maximum atomic E-state index is 10.0. The van der Waals surface area contributed by atoms with Gasteiger partial charge in [-0.25, -0.2) is 4.98 Å². The molecule has 2 aromatic rings. The van der Waals surface area contributed by atoms with E-state index in [4.69, 9.17) is 0 Å². The van der Waals surface area contributed by atoms with Gasteiger partial charge in [0.1, 0.15) is 0 Å². The summed E-state index contributed by atoms with van der Waals surface area (Å²) in [5.41, 5.74) is 4.08. The van der Waals surface area contributed by atoms with Gasteiger partial charge in [0.15, 0.2) is 0 Å². The van der Waals surface area contributed by atoms with Crippen LogP contribution >= 0.6 is 24.0 Å². The zero-order valence-corrected chi connectivity index (χ0v) is 15.7. The van der Waals surface area contributed by atoms with Crippen LogP contribution in [-0.2, 0) is 4.79 Å². The number of thiol groups is 1. The Morgan fingerprint density at radius 3 is 2.65 bits per heavy atom. The molecular formula is C16H26N4OS2. The lowest BCUT2D eigenvalue weighted by Gasteiger charge is -2.28. The first kappa shape index (κ1) is 19.7. The van der Waals surface area contributed by atoms with Gasteiger partial charge in [0.25, 0.3) is 0 Å². The number of carbonyl (C=O) groups is 1. The van der Waals surface area contributed by atoms with E-state index >= 15 is 0 Å². The monoisotopic (exact) mass is 354 g/mol. The summed E-state index contributed by atoms with van der Waals surface area (Å²) >= 11 is 5.19. The van der Waals surface area contributed by atoms with Gasteiger partial charge in [-0.1, -0.05) is 0 Å². The molecule has 1 amide bonds. The minimum Gasteiger partial charge on any atom is -0.388 e. The predicted molar refractivity (Wildman–Crippen MR) is 104 cm³/mol. The molecule has 23 heavy (non-hydrogen) atoms. The molecule has 0 atom stereocenters. The van der Waals surface area contributed by atoms with Crippen LogP contribution in [0.1, 0.15) is 12.8 Å². The largest absolute Gasteiger partial charge is 0.388 e. The van der Waals surface area contributed by atoms with E-state index in [0.717, 1.165) is 43.5 Å². The van der Waals surface area contributed by atoms with Gasteiger partial charge in [0.2, 0.25) is 6.41 Å². The van der Waals surface area contributed by atoms with Gasteiger partial charge in [-0.2, -0.15) is 12.6 Å². The molecule has 128 valence electrons. The SMILES string of the molecule is CN1CCC(NC=O)CC1.CNc1ccc2ncsc2c1.CS. The van der Waals surface area contributed by atoms with Crippen LogP contribution in [0.4, 0.5) is 5.69 Å². The van der Waals surface area contributed by atoms with E-state index in [9.17, 15) is 4.79 Å². The second-order valence-electron chi connectivity index (χ2n) is 5.15. The van der Waals surface area contributed by atoms with Gasteiger partial charge in [-0.05, 0) is 57.4 Å². The van der Waals surface area contributed by atoms with Crippen LogP contribution in [0.3, 0.4) is 0 Å². The maximum absolute atomic E-state index is 10.0. The van der Waals surface area contributed by atoms with Crippen molar-refractivity contribution in [1.29, 1.82) is 0 Å². The second-order valence-corrected chi connectivity index (χ2v) is 6.03. The molecule has 2 N–H and O–H groups in total.